The molecule has 0 aliphatic carbocycles. The average Bonchev–Trinajstić information content (AvgIpc) is 3.29. The SMILES string of the molecule is C=CCN(C(=O)c1csnn1)[C@H](C(=O)NCc1ccc(F)cc1)c1ccc(Cl)cc1. The molecule has 154 valence electrons. The zero-order chi connectivity index (χ0) is 21.5. The van der Waals surface area contributed by atoms with Crippen molar-refractivity contribution in [3.05, 3.63) is 94.2 Å². The molecule has 0 aliphatic heterocycles. The third-order valence-electron chi connectivity index (χ3n) is 4.29. The van der Waals surface area contributed by atoms with Gasteiger partial charge in [0.2, 0.25) is 5.91 Å². The number of hydrogen-bond donors (Lipinski definition) is 1. The number of hydrogen-bond acceptors (Lipinski definition) is 5. The Kier molecular flexibility index (Phi) is 7.26. The van der Waals surface area contributed by atoms with E-state index in [0.29, 0.717) is 10.6 Å². The molecule has 3 aromatic rings. The number of benzene rings is 2. The van der Waals surface area contributed by atoms with Gasteiger partial charge in [0.15, 0.2) is 5.69 Å². The highest BCUT2D eigenvalue weighted by Gasteiger charge is 2.32. The molecule has 0 saturated carbocycles. The lowest BCUT2D eigenvalue weighted by molar-refractivity contribution is -0.126. The van der Waals surface area contributed by atoms with Crippen LogP contribution in [0.25, 0.3) is 0 Å². The minimum atomic E-state index is -0.949. The van der Waals surface area contributed by atoms with Gasteiger partial charge < -0.3 is 10.2 Å². The molecule has 0 bridgehead atoms. The number of aromatic nitrogens is 2. The maximum absolute atomic E-state index is 13.2. The molecule has 0 saturated heterocycles. The van der Waals surface area contributed by atoms with E-state index >= 15 is 0 Å². The third-order valence-corrected chi connectivity index (χ3v) is 5.05. The van der Waals surface area contributed by atoms with Crippen LogP contribution < -0.4 is 5.32 Å². The Morgan fingerprint density at radius 3 is 2.50 bits per heavy atom. The van der Waals surface area contributed by atoms with Gasteiger partial charge >= 0.3 is 0 Å². The lowest BCUT2D eigenvalue weighted by Crippen LogP contribution is -2.43. The van der Waals surface area contributed by atoms with Crippen molar-refractivity contribution in [1.29, 1.82) is 0 Å². The van der Waals surface area contributed by atoms with Gasteiger partial charge in [-0.25, -0.2) is 4.39 Å². The molecule has 30 heavy (non-hydrogen) atoms. The molecule has 0 aliphatic rings. The van der Waals surface area contributed by atoms with E-state index in [1.807, 2.05) is 0 Å². The van der Waals surface area contributed by atoms with Gasteiger partial charge in [-0.1, -0.05) is 46.4 Å². The fourth-order valence-electron chi connectivity index (χ4n) is 2.86. The number of halogens is 2. The molecule has 2 amide bonds. The van der Waals surface area contributed by atoms with E-state index in [1.165, 1.54) is 28.5 Å². The lowest BCUT2D eigenvalue weighted by atomic mass is 10.0. The Bertz CT molecular complexity index is 1010. The zero-order valence-corrected chi connectivity index (χ0v) is 17.4. The summed E-state index contributed by atoms with van der Waals surface area (Å²) < 4.78 is 16.8. The second kappa shape index (κ2) is 10.1. The molecular weight excluding hydrogens is 427 g/mol. The van der Waals surface area contributed by atoms with E-state index in [1.54, 1.807) is 36.4 Å². The van der Waals surface area contributed by atoms with Gasteiger partial charge in [0.1, 0.15) is 11.9 Å². The summed E-state index contributed by atoms with van der Waals surface area (Å²) in [7, 11) is 0. The maximum Gasteiger partial charge on any atom is 0.276 e. The van der Waals surface area contributed by atoms with E-state index in [4.69, 9.17) is 11.6 Å². The zero-order valence-electron chi connectivity index (χ0n) is 15.8. The summed E-state index contributed by atoms with van der Waals surface area (Å²) in [6.45, 7) is 4.00. The maximum atomic E-state index is 13.2. The Morgan fingerprint density at radius 2 is 1.90 bits per heavy atom. The van der Waals surface area contributed by atoms with Crippen LogP contribution >= 0.6 is 23.1 Å². The van der Waals surface area contributed by atoms with Crippen LogP contribution in [0.1, 0.15) is 27.7 Å². The first-order valence-electron chi connectivity index (χ1n) is 8.96. The molecule has 6 nitrogen and oxygen atoms in total. The number of amides is 2. The number of nitrogens with zero attached hydrogens (tertiary/aromatic N) is 3. The topological polar surface area (TPSA) is 75.2 Å². The van der Waals surface area contributed by atoms with Crippen LogP contribution in [-0.2, 0) is 11.3 Å². The van der Waals surface area contributed by atoms with Crippen molar-refractivity contribution >= 4 is 34.9 Å². The summed E-state index contributed by atoms with van der Waals surface area (Å²) in [5.41, 5.74) is 1.45. The second-order valence-corrected chi connectivity index (χ2v) is 7.38. The number of nitrogens with one attached hydrogen (secondary N) is 1. The summed E-state index contributed by atoms with van der Waals surface area (Å²) >= 11 is 7.04. The third kappa shape index (κ3) is 5.28. The van der Waals surface area contributed by atoms with Crippen molar-refractivity contribution in [2.75, 3.05) is 6.54 Å². The molecule has 3 rings (SSSR count). The summed E-state index contributed by atoms with van der Waals surface area (Å²) in [6.07, 6.45) is 1.54. The van der Waals surface area contributed by atoms with Gasteiger partial charge in [-0.3, -0.25) is 9.59 Å². The monoisotopic (exact) mass is 444 g/mol. The molecular formula is C21H18ClFN4O2S. The van der Waals surface area contributed by atoms with Crippen LogP contribution in [0.5, 0.6) is 0 Å². The number of carbonyl (C=O) groups excluding carboxylic acids is 2. The molecule has 9 heteroatoms. The molecule has 0 spiro atoms. The second-order valence-electron chi connectivity index (χ2n) is 6.33. The normalized spacial score (nSPS) is 11.5. The molecule has 0 fully saturated rings. The van der Waals surface area contributed by atoms with Crippen molar-refractivity contribution in [3.63, 3.8) is 0 Å². The Balaban J connectivity index is 1.90. The van der Waals surface area contributed by atoms with E-state index in [-0.39, 0.29) is 24.6 Å². The van der Waals surface area contributed by atoms with Crippen LogP contribution in [0.4, 0.5) is 4.39 Å². The van der Waals surface area contributed by atoms with Gasteiger partial charge in [0.25, 0.3) is 5.91 Å². The van der Waals surface area contributed by atoms with Gasteiger partial charge in [0, 0.05) is 23.5 Å². The van der Waals surface area contributed by atoms with Crippen molar-refractivity contribution < 1.29 is 14.0 Å². The molecule has 1 heterocycles. The van der Waals surface area contributed by atoms with Gasteiger partial charge in [0.05, 0.1) is 0 Å². The minimum absolute atomic E-state index is 0.119. The number of carbonyl (C=O) groups is 2. The van der Waals surface area contributed by atoms with Crippen molar-refractivity contribution in [2.45, 2.75) is 12.6 Å². The predicted octanol–water partition coefficient (Wildman–Crippen LogP) is 4.02. The standard InChI is InChI=1S/C21H18ClFN4O2S/c1-2-11-27(21(29)18-13-30-26-25-18)19(15-5-7-16(22)8-6-15)20(28)24-12-14-3-9-17(23)10-4-14/h2-10,13,19H,1,11-12H2,(H,24,28)/t19-/m0/s1. The summed E-state index contributed by atoms with van der Waals surface area (Å²) in [6, 6.07) is 11.5. The quantitative estimate of drug-likeness (QED) is 0.532. The van der Waals surface area contributed by atoms with Gasteiger partial charge in [-0.15, -0.1) is 11.7 Å². The van der Waals surface area contributed by atoms with Crippen LogP contribution in [0.15, 0.2) is 66.6 Å². The summed E-state index contributed by atoms with van der Waals surface area (Å²) in [5, 5.41) is 8.67. The van der Waals surface area contributed by atoms with E-state index in [9.17, 15) is 14.0 Å². The molecule has 1 N–H and O–H groups in total. The van der Waals surface area contributed by atoms with Crippen LogP contribution in [-0.4, -0.2) is 32.8 Å². The molecule has 1 aromatic heterocycles. The fourth-order valence-corrected chi connectivity index (χ4v) is 3.41. The minimum Gasteiger partial charge on any atom is -0.350 e. The van der Waals surface area contributed by atoms with Gasteiger partial charge in [-0.2, -0.15) is 0 Å². The Labute approximate surface area is 182 Å². The highest BCUT2D eigenvalue weighted by molar-refractivity contribution is 7.03. The van der Waals surface area contributed by atoms with E-state index < -0.39 is 17.9 Å². The average molecular weight is 445 g/mol. The largest absolute Gasteiger partial charge is 0.350 e. The highest BCUT2D eigenvalue weighted by Crippen LogP contribution is 2.25. The summed E-state index contributed by atoms with van der Waals surface area (Å²) in [4.78, 5) is 27.6. The predicted molar refractivity (Wildman–Crippen MR) is 114 cm³/mol. The van der Waals surface area contributed by atoms with E-state index in [2.05, 4.69) is 21.5 Å². The Hall–Kier alpha value is -3.10. The van der Waals surface area contributed by atoms with Crippen molar-refractivity contribution in [1.82, 2.24) is 19.8 Å². The first-order valence-corrected chi connectivity index (χ1v) is 10.2. The van der Waals surface area contributed by atoms with E-state index in [0.717, 1.165) is 17.1 Å². The molecule has 2 aromatic carbocycles. The first-order chi connectivity index (χ1) is 14.5. The van der Waals surface area contributed by atoms with Gasteiger partial charge in [-0.05, 0) is 46.9 Å². The van der Waals surface area contributed by atoms with Crippen molar-refractivity contribution in [3.8, 4) is 0 Å². The Morgan fingerprint density at radius 1 is 1.20 bits per heavy atom. The summed E-state index contributed by atoms with van der Waals surface area (Å²) in [5.74, 6) is -1.20. The molecule has 1 atom stereocenters. The van der Waals surface area contributed by atoms with Crippen LogP contribution in [0.3, 0.4) is 0 Å². The van der Waals surface area contributed by atoms with Crippen LogP contribution in [0.2, 0.25) is 5.02 Å². The lowest BCUT2D eigenvalue weighted by Gasteiger charge is -2.30. The highest BCUT2D eigenvalue weighted by atomic mass is 35.5. The van der Waals surface area contributed by atoms with Crippen molar-refractivity contribution in [2.24, 2.45) is 0 Å². The first kappa shape index (κ1) is 21.6. The molecule has 0 unspecified atom stereocenters. The number of rotatable bonds is 8. The fraction of sp³-hybridized carbons (Fsp3) is 0.143. The molecule has 0 radical (unpaired) electrons. The van der Waals surface area contributed by atoms with Crippen LogP contribution in [0, 0.1) is 5.82 Å². The smallest absolute Gasteiger partial charge is 0.276 e.